The lowest BCUT2D eigenvalue weighted by molar-refractivity contribution is -0.154. The van der Waals surface area contributed by atoms with Gasteiger partial charge in [-0.05, 0) is 32.6 Å². The van der Waals surface area contributed by atoms with Gasteiger partial charge in [0.15, 0.2) is 0 Å². The lowest BCUT2D eigenvalue weighted by Gasteiger charge is -2.23. The number of esters is 1. The van der Waals surface area contributed by atoms with Crippen LogP contribution in [0.25, 0.3) is 0 Å². The third-order valence-electron chi connectivity index (χ3n) is 3.92. The molecule has 0 aromatic carbocycles. The molecule has 0 N–H and O–H groups in total. The fraction of sp³-hybridized carbons (Fsp3) is 0.929. The van der Waals surface area contributed by atoms with Gasteiger partial charge < -0.3 is 4.74 Å². The minimum Gasteiger partial charge on any atom is -0.465 e. The normalized spacial score (nSPS) is 18.4. The van der Waals surface area contributed by atoms with Crippen LogP contribution in [0, 0.1) is 11.3 Å². The third kappa shape index (κ3) is 4.15. The van der Waals surface area contributed by atoms with Gasteiger partial charge in [0.1, 0.15) is 0 Å². The number of ether oxygens (including phenoxy) is 1. The highest BCUT2D eigenvalue weighted by atomic mass is 16.5. The average Bonchev–Trinajstić information content (AvgIpc) is 2.30. The summed E-state index contributed by atoms with van der Waals surface area (Å²) < 4.78 is 5.36. The van der Waals surface area contributed by atoms with Crippen molar-refractivity contribution in [1.82, 2.24) is 0 Å². The molecule has 0 bridgehead atoms. The molecule has 0 saturated heterocycles. The van der Waals surface area contributed by atoms with E-state index in [-0.39, 0.29) is 11.4 Å². The van der Waals surface area contributed by atoms with E-state index in [9.17, 15) is 4.79 Å². The van der Waals surface area contributed by atoms with E-state index in [1.807, 2.05) is 20.8 Å². The number of hydrogen-bond acceptors (Lipinski definition) is 2. The van der Waals surface area contributed by atoms with Crippen molar-refractivity contribution in [3.05, 3.63) is 0 Å². The Bertz CT molecular complexity index is 215. The second-order valence-corrected chi connectivity index (χ2v) is 5.67. The predicted molar refractivity (Wildman–Crippen MR) is 66.2 cm³/mol. The molecule has 1 rings (SSSR count). The number of rotatable bonds is 5. The van der Waals surface area contributed by atoms with Crippen LogP contribution in [0.5, 0.6) is 0 Å². The summed E-state index contributed by atoms with van der Waals surface area (Å²) in [5.41, 5.74) is -0.313. The van der Waals surface area contributed by atoms with Crippen molar-refractivity contribution in [3.63, 3.8) is 0 Å². The smallest absolute Gasteiger partial charge is 0.311 e. The van der Waals surface area contributed by atoms with Gasteiger partial charge in [-0.2, -0.15) is 0 Å². The van der Waals surface area contributed by atoms with Crippen LogP contribution in [-0.2, 0) is 9.53 Å². The summed E-state index contributed by atoms with van der Waals surface area (Å²) in [5.74, 6) is 0.761. The first-order valence-electron chi connectivity index (χ1n) is 6.73. The summed E-state index contributed by atoms with van der Waals surface area (Å²) in [5, 5.41) is 0. The van der Waals surface area contributed by atoms with Gasteiger partial charge in [-0.25, -0.2) is 0 Å². The van der Waals surface area contributed by atoms with Gasteiger partial charge in [-0.1, -0.05) is 39.0 Å². The molecular weight excluding hydrogens is 200 g/mol. The van der Waals surface area contributed by atoms with Gasteiger partial charge in [0.2, 0.25) is 0 Å². The highest BCUT2D eigenvalue weighted by Gasteiger charge is 2.27. The van der Waals surface area contributed by atoms with E-state index in [0.717, 1.165) is 18.8 Å². The maximum atomic E-state index is 11.7. The molecule has 0 aromatic heterocycles. The molecule has 0 amide bonds. The van der Waals surface area contributed by atoms with E-state index < -0.39 is 0 Å². The Morgan fingerprint density at radius 1 is 1.25 bits per heavy atom. The van der Waals surface area contributed by atoms with E-state index in [0.29, 0.717) is 6.61 Å². The lowest BCUT2D eigenvalue weighted by atomic mass is 9.87. The standard InChI is InChI=1S/C14H26O2/c1-4-14(2,3)13(15)16-11-10-12-8-6-5-7-9-12/h12H,4-11H2,1-3H3. The fourth-order valence-electron chi connectivity index (χ4n) is 2.13. The molecule has 2 heteroatoms. The largest absolute Gasteiger partial charge is 0.465 e. The molecule has 0 spiro atoms. The van der Waals surface area contributed by atoms with E-state index in [2.05, 4.69) is 0 Å². The fourth-order valence-corrected chi connectivity index (χ4v) is 2.13. The Hall–Kier alpha value is -0.530. The average molecular weight is 226 g/mol. The van der Waals surface area contributed by atoms with Gasteiger partial charge in [0.25, 0.3) is 0 Å². The van der Waals surface area contributed by atoms with Crippen LogP contribution >= 0.6 is 0 Å². The first kappa shape index (κ1) is 13.5. The molecule has 94 valence electrons. The molecular formula is C14H26O2. The Kier molecular flexibility index (Phi) is 5.30. The van der Waals surface area contributed by atoms with Crippen LogP contribution in [0.4, 0.5) is 0 Å². The second kappa shape index (κ2) is 6.27. The molecule has 0 aliphatic heterocycles. The zero-order chi connectivity index (χ0) is 12.0. The minimum atomic E-state index is -0.313. The Morgan fingerprint density at radius 2 is 1.88 bits per heavy atom. The number of carbonyl (C=O) groups excluding carboxylic acids is 1. The van der Waals surface area contributed by atoms with Crippen molar-refractivity contribution >= 4 is 5.97 Å². The van der Waals surface area contributed by atoms with Gasteiger partial charge in [0, 0.05) is 0 Å². The Morgan fingerprint density at radius 3 is 2.44 bits per heavy atom. The predicted octanol–water partition coefficient (Wildman–Crippen LogP) is 3.94. The molecule has 1 saturated carbocycles. The lowest BCUT2D eigenvalue weighted by Crippen LogP contribution is -2.26. The van der Waals surface area contributed by atoms with Crippen LogP contribution in [0.2, 0.25) is 0 Å². The third-order valence-corrected chi connectivity index (χ3v) is 3.92. The van der Waals surface area contributed by atoms with Crippen molar-refractivity contribution in [2.75, 3.05) is 6.61 Å². The molecule has 1 fully saturated rings. The molecule has 1 aliphatic carbocycles. The van der Waals surface area contributed by atoms with E-state index in [1.54, 1.807) is 0 Å². The highest BCUT2D eigenvalue weighted by molar-refractivity contribution is 5.75. The summed E-state index contributed by atoms with van der Waals surface area (Å²) in [6.07, 6.45) is 8.67. The summed E-state index contributed by atoms with van der Waals surface area (Å²) in [6.45, 7) is 6.56. The Labute approximate surface area is 99.8 Å². The zero-order valence-corrected chi connectivity index (χ0v) is 11.1. The molecule has 0 radical (unpaired) electrons. The maximum absolute atomic E-state index is 11.7. The van der Waals surface area contributed by atoms with Crippen LogP contribution < -0.4 is 0 Å². The van der Waals surface area contributed by atoms with Crippen molar-refractivity contribution in [2.24, 2.45) is 11.3 Å². The second-order valence-electron chi connectivity index (χ2n) is 5.67. The molecule has 1 aliphatic rings. The summed E-state index contributed by atoms with van der Waals surface area (Å²) in [6, 6.07) is 0. The van der Waals surface area contributed by atoms with Gasteiger partial charge in [-0.15, -0.1) is 0 Å². The minimum absolute atomic E-state index is 0.0363. The van der Waals surface area contributed by atoms with Gasteiger partial charge >= 0.3 is 5.97 Å². The summed E-state index contributed by atoms with van der Waals surface area (Å²) in [7, 11) is 0. The number of carbonyl (C=O) groups is 1. The van der Waals surface area contributed by atoms with Crippen molar-refractivity contribution < 1.29 is 9.53 Å². The number of hydrogen-bond donors (Lipinski definition) is 0. The monoisotopic (exact) mass is 226 g/mol. The van der Waals surface area contributed by atoms with Crippen LogP contribution in [-0.4, -0.2) is 12.6 Å². The summed E-state index contributed by atoms with van der Waals surface area (Å²) >= 11 is 0. The molecule has 16 heavy (non-hydrogen) atoms. The highest BCUT2D eigenvalue weighted by Crippen LogP contribution is 2.27. The molecule has 2 nitrogen and oxygen atoms in total. The SMILES string of the molecule is CCC(C)(C)C(=O)OCCC1CCCCC1. The van der Waals surface area contributed by atoms with Gasteiger partial charge in [-0.3, -0.25) is 4.79 Å². The molecule has 0 aromatic rings. The topological polar surface area (TPSA) is 26.3 Å². The van der Waals surface area contributed by atoms with E-state index in [4.69, 9.17) is 4.74 Å². The Balaban J connectivity index is 2.17. The van der Waals surface area contributed by atoms with Crippen LogP contribution in [0.3, 0.4) is 0 Å². The molecule has 0 unspecified atom stereocenters. The van der Waals surface area contributed by atoms with Crippen molar-refractivity contribution in [1.29, 1.82) is 0 Å². The van der Waals surface area contributed by atoms with Crippen molar-refractivity contribution in [2.45, 2.75) is 65.7 Å². The first-order valence-corrected chi connectivity index (χ1v) is 6.73. The van der Waals surface area contributed by atoms with E-state index >= 15 is 0 Å². The first-order chi connectivity index (χ1) is 7.56. The van der Waals surface area contributed by atoms with Crippen LogP contribution in [0.15, 0.2) is 0 Å². The van der Waals surface area contributed by atoms with Crippen LogP contribution in [0.1, 0.15) is 65.7 Å². The van der Waals surface area contributed by atoms with E-state index in [1.165, 1.54) is 32.1 Å². The van der Waals surface area contributed by atoms with Gasteiger partial charge in [0.05, 0.1) is 12.0 Å². The quantitative estimate of drug-likeness (QED) is 0.664. The molecule has 0 atom stereocenters. The van der Waals surface area contributed by atoms with Crippen molar-refractivity contribution in [3.8, 4) is 0 Å². The summed E-state index contributed by atoms with van der Waals surface area (Å²) in [4.78, 5) is 11.7. The maximum Gasteiger partial charge on any atom is 0.311 e. The molecule has 0 heterocycles. The zero-order valence-electron chi connectivity index (χ0n) is 11.1.